The van der Waals surface area contributed by atoms with Crippen molar-refractivity contribution in [3.05, 3.63) is 83.4 Å². The van der Waals surface area contributed by atoms with Crippen molar-refractivity contribution in [1.29, 1.82) is 0 Å². The normalized spacial score (nSPS) is 21.7. The molecule has 0 saturated carbocycles. The minimum absolute atomic E-state index is 0.0481. The van der Waals surface area contributed by atoms with Gasteiger partial charge in [-0.25, -0.2) is 13.1 Å². The second-order valence-corrected chi connectivity index (χ2v) is 13.1. The van der Waals surface area contributed by atoms with E-state index in [0.717, 1.165) is 56.3 Å². The summed E-state index contributed by atoms with van der Waals surface area (Å²) in [5.41, 5.74) is 4.50. The number of aromatic nitrogens is 3. The van der Waals surface area contributed by atoms with E-state index >= 15 is 0 Å². The highest BCUT2D eigenvalue weighted by Gasteiger charge is 2.36. The van der Waals surface area contributed by atoms with Gasteiger partial charge in [0.2, 0.25) is 5.91 Å². The highest BCUT2D eigenvalue weighted by atomic mass is 32.2. The summed E-state index contributed by atoms with van der Waals surface area (Å²) in [5.74, 6) is 0.129. The number of piperazine rings is 1. The molecule has 3 aromatic rings. The predicted octanol–water partition coefficient (Wildman–Crippen LogP) is 2.16. The zero-order chi connectivity index (χ0) is 29.3. The highest BCUT2D eigenvalue weighted by molar-refractivity contribution is 7.89. The molecule has 42 heavy (non-hydrogen) atoms. The zero-order valence-electron chi connectivity index (χ0n) is 24.0. The Morgan fingerprint density at radius 3 is 2.62 bits per heavy atom. The lowest BCUT2D eigenvalue weighted by Gasteiger charge is -2.33. The lowest BCUT2D eigenvalue weighted by atomic mass is 9.86. The number of amides is 1. The molecule has 11 nitrogen and oxygen atoms in total. The van der Waals surface area contributed by atoms with Gasteiger partial charge in [0.15, 0.2) is 0 Å². The molecule has 0 bridgehead atoms. The first-order valence-corrected chi connectivity index (χ1v) is 15.8. The Morgan fingerprint density at radius 1 is 1.07 bits per heavy atom. The van der Waals surface area contributed by atoms with Gasteiger partial charge in [-0.05, 0) is 67.3 Å². The smallest absolute Gasteiger partial charge is 0.264 e. The molecule has 12 heteroatoms. The van der Waals surface area contributed by atoms with Crippen molar-refractivity contribution >= 4 is 15.9 Å². The first kappa shape index (κ1) is 28.4. The van der Waals surface area contributed by atoms with Crippen molar-refractivity contribution in [2.75, 3.05) is 40.3 Å². The third kappa shape index (κ3) is 5.79. The number of carbonyl (C=O) groups excluding carboxylic acids is 1. The van der Waals surface area contributed by atoms with Crippen molar-refractivity contribution in [2.24, 2.45) is 0 Å². The van der Waals surface area contributed by atoms with Crippen molar-refractivity contribution in [3.63, 3.8) is 0 Å². The second-order valence-electron chi connectivity index (χ2n) is 11.3. The number of nitrogens with one attached hydrogen (secondary N) is 1. The van der Waals surface area contributed by atoms with Gasteiger partial charge in [0.1, 0.15) is 11.8 Å². The zero-order valence-corrected chi connectivity index (χ0v) is 24.8. The van der Waals surface area contributed by atoms with E-state index in [1.807, 2.05) is 10.9 Å². The summed E-state index contributed by atoms with van der Waals surface area (Å²) in [6.45, 7) is 5.35. The number of benzene rings is 2. The number of sulfonamides is 1. The molecule has 2 atom stereocenters. The number of methoxy groups -OCH3 is 1. The third-order valence-electron chi connectivity index (χ3n) is 8.46. The Morgan fingerprint density at radius 2 is 1.86 bits per heavy atom. The lowest BCUT2D eigenvalue weighted by molar-refractivity contribution is -0.124. The average molecular weight is 592 g/mol. The minimum atomic E-state index is -3.99. The molecule has 1 saturated heterocycles. The first-order chi connectivity index (χ1) is 20.3. The van der Waals surface area contributed by atoms with Crippen LogP contribution in [0.2, 0.25) is 0 Å². The van der Waals surface area contributed by atoms with Gasteiger partial charge in [0, 0.05) is 57.7 Å². The fraction of sp³-hybridized carbons (Fsp3) is 0.433. The molecule has 3 aliphatic rings. The lowest BCUT2D eigenvalue weighted by Crippen LogP contribution is -2.50. The van der Waals surface area contributed by atoms with Crippen LogP contribution in [0, 0.1) is 0 Å². The van der Waals surface area contributed by atoms with Gasteiger partial charge in [-0.2, -0.15) is 0 Å². The summed E-state index contributed by atoms with van der Waals surface area (Å²) in [4.78, 5) is 17.9. The quantitative estimate of drug-likeness (QED) is 0.424. The van der Waals surface area contributed by atoms with E-state index in [-0.39, 0.29) is 17.4 Å². The van der Waals surface area contributed by atoms with Crippen LogP contribution in [0.1, 0.15) is 41.3 Å². The Labute approximate surface area is 246 Å². The van der Waals surface area contributed by atoms with Crippen LogP contribution in [0.4, 0.5) is 0 Å². The molecule has 1 aromatic heterocycles. The maximum absolute atomic E-state index is 13.5. The SMILES string of the molecule is COc1ccc(S(=O)(=O)N2C=CNC(=O)[C@H]2Cc2cn([C@@H]3CCCc4cc(CN5CCN(C)CC5)ccc43)nn2)cc1. The molecule has 6 rings (SSSR count). The van der Waals surface area contributed by atoms with Crippen molar-refractivity contribution < 1.29 is 17.9 Å². The molecule has 2 aliphatic heterocycles. The molecule has 1 fully saturated rings. The van der Waals surface area contributed by atoms with E-state index in [1.165, 1.54) is 48.3 Å². The number of fused-ring (bicyclic) bond motifs is 1. The molecular weight excluding hydrogens is 554 g/mol. The minimum Gasteiger partial charge on any atom is -0.497 e. The second kappa shape index (κ2) is 11.9. The predicted molar refractivity (Wildman–Crippen MR) is 157 cm³/mol. The molecule has 1 amide bonds. The van der Waals surface area contributed by atoms with Crippen molar-refractivity contribution in [3.8, 4) is 5.75 Å². The van der Waals surface area contributed by atoms with E-state index in [4.69, 9.17) is 4.74 Å². The van der Waals surface area contributed by atoms with Crippen LogP contribution >= 0.6 is 0 Å². The number of likely N-dealkylation sites (N-methyl/N-ethyl adjacent to an activating group) is 1. The van der Waals surface area contributed by atoms with E-state index in [1.54, 1.807) is 12.1 Å². The molecule has 1 aliphatic carbocycles. The largest absolute Gasteiger partial charge is 0.497 e. The molecule has 222 valence electrons. The fourth-order valence-corrected chi connectivity index (χ4v) is 7.49. The number of ether oxygens (including phenoxy) is 1. The number of nitrogens with zero attached hydrogens (tertiary/aromatic N) is 6. The molecule has 0 radical (unpaired) electrons. The summed E-state index contributed by atoms with van der Waals surface area (Å²) in [6, 6.07) is 12.0. The van der Waals surface area contributed by atoms with E-state index in [2.05, 4.69) is 50.7 Å². The summed E-state index contributed by atoms with van der Waals surface area (Å²) in [6.07, 6.45) is 7.70. The monoisotopic (exact) mass is 591 g/mol. The van der Waals surface area contributed by atoms with Crippen LogP contribution in [0.3, 0.4) is 0 Å². The molecule has 2 aromatic carbocycles. The maximum Gasteiger partial charge on any atom is 0.264 e. The Kier molecular flexibility index (Phi) is 8.02. The molecule has 0 unspecified atom stereocenters. The summed E-state index contributed by atoms with van der Waals surface area (Å²) < 4.78 is 35.1. The number of hydrogen-bond donors (Lipinski definition) is 1. The molecular formula is C30H37N7O4S. The van der Waals surface area contributed by atoms with Gasteiger partial charge in [0.05, 0.1) is 23.7 Å². The standard InChI is InChI=1S/C30H37N7O4S/c1-34-14-16-35(17-15-34)20-22-6-11-27-23(18-22)4-3-5-28(27)36-21-24(32-33-36)19-29-30(38)31-12-13-37(29)42(39,40)26-9-7-25(41-2)8-10-26/h6-13,18,21,28-29H,3-5,14-17,19-20H2,1-2H3,(H,31,38)/t28-,29-/m1/s1. The van der Waals surface area contributed by atoms with E-state index in [9.17, 15) is 13.2 Å². The highest BCUT2D eigenvalue weighted by Crippen LogP contribution is 2.33. The number of rotatable bonds is 8. The fourth-order valence-electron chi connectivity index (χ4n) is 6.04. The van der Waals surface area contributed by atoms with Gasteiger partial charge in [-0.3, -0.25) is 14.0 Å². The Bertz CT molecular complexity index is 1560. The first-order valence-electron chi connectivity index (χ1n) is 14.4. The van der Waals surface area contributed by atoms with Gasteiger partial charge in [-0.15, -0.1) is 5.10 Å². The Hall–Kier alpha value is -3.74. The van der Waals surface area contributed by atoms with E-state index < -0.39 is 22.0 Å². The van der Waals surface area contributed by atoms with Crippen molar-refractivity contribution in [2.45, 2.75) is 49.2 Å². The van der Waals surface area contributed by atoms with Crippen LogP contribution < -0.4 is 10.1 Å². The van der Waals surface area contributed by atoms with Crippen LogP contribution in [0.15, 0.2) is 66.0 Å². The maximum atomic E-state index is 13.5. The van der Waals surface area contributed by atoms with E-state index in [0.29, 0.717) is 11.4 Å². The van der Waals surface area contributed by atoms with Gasteiger partial charge < -0.3 is 15.0 Å². The summed E-state index contributed by atoms with van der Waals surface area (Å²) in [7, 11) is -0.300. The summed E-state index contributed by atoms with van der Waals surface area (Å²) in [5, 5.41) is 11.4. The molecule has 1 N–H and O–H groups in total. The van der Waals surface area contributed by atoms with Crippen LogP contribution in [-0.2, 0) is 34.2 Å². The summed E-state index contributed by atoms with van der Waals surface area (Å²) >= 11 is 0. The number of hydrogen-bond acceptors (Lipinski definition) is 8. The van der Waals surface area contributed by atoms with Gasteiger partial charge in [0.25, 0.3) is 10.0 Å². The number of carbonyl (C=O) groups is 1. The van der Waals surface area contributed by atoms with Crippen LogP contribution in [-0.4, -0.2) is 89.8 Å². The average Bonchev–Trinajstić information content (AvgIpc) is 3.47. The van der Waals surface area contributed by atoms with Crippen molar-refractivity contribution in [1.82, 2.24) is 34.4 Å². The molecule has 0 spiro atoms. The van der Waals surface area contributed by atoms with Gasteiger partial charge in [-0.1, -0.05) is 23.4 Å². The molecule has 3 heterocycles. The number of aryl methyl sites for hydroxylation is 1. The topological polar surface area (TPSA) is 113 Å². The third-order valence-corrected chi connectivity index (χ3v) is 10.3. The van der Waals surface area contributed by atoms with Crippen LogP contribution in [0.25, 0.3) is 0 Å². The Balaban J connectivity index is 1.19. The van der Waals surface area contributed by atoms with Gasteiger partial charge >= 0.3 is 0 Å². The van der Waals surface area contributed by atoms with Crippen LogP contribution in [0.5, 0.6) is 5.75 Å².